The number of hydrogen-bond donors (Lipinski definition) is 2. The number of anilines is 2. The Morgan fingerprint density at radius 3 is 2.30 bits per heavy atom. The van der Waals surface area contributed by atoms with Crippen LogP contribution >= 0.6 is 0 Å². The summed E-state index contributed by atoms with van der Waals surface area (Å²) in [6, 6.07) is 3.71. The lowest BCUT2D eigenvalue weighted by Crippen LogP contribution is -2.40. The van der Waals surface area contributed by atoms with E-state index in [-0.39, 0.29) is 24.8 Å². The second-order valence-corrected chi connectivity index (χ2v) is 10.0. The van der Waals surface area contributed by atoms with E-state index < -0.39 is 12.1 Å². The topological polar surface area (TPSA) is 58.4 Å². The number of nitrogen functional groups attached to an aromatic ring is 1. The Kier molecular flexibility index (Phi) is 4.71. The van der Waals surface area contributed by atoms with E-state index in [0.29, 0.717) is 35.9 Å². The number of carbonyl (C=O) groups is 1. The fourth-order valence-corrected chi connectivity index (χ4v) is 5.56. The molecule has 1 aliphatic heterocycles. The molecule has 30 heavy (non-hydrogen) atoms. The Balaban J connectivity index is 1.34. The molecule has 1 saturated heterocycles. The smallest absolute Gasteiger partial charge is 0.391 e. The molecular weight excluding hydrogens is 391 g/mol. The molecule has 1 aromatic rings. The first-order chi connectivity index (χ1) is 14.2. The minimum absolute atomic E-state index is 0.0808. The quantitative estimate of drug-likeness (QED) is 0.693. The second-order valence-electron chi connectivity index (χ2n) is 10.0. The number of amides is 1. The van der Waals surface area contributed by atoms with Gasteiger partial charge in [0, 0.05) is 30.5 Å². The Labute approximate surface area is 175 Å². The van der Waals surface area contributed by atoms with Gasteiger partial charge in [0.1, 0.15) is 0 Å². The molecule has 0 spiro atoms. The summed E-state index contributed by atoms with van der Waals surface area (Å²) < 4.78 is 38.8. The summed E-state index contributed by atoms with van der Waals surface area (Å²) in [5, 5.41) is 3.01. The third-order valence-corrected chi connectivity index (χ3v) is 7.80. The zero-order valence-electron chi connectivity index (χ0n) is 17.3. The van der Waals surface area contributed by atoms with Gasteiger partial charge in [0.05, 0.1) is 11.5 Å². The van der Waals surface area contributed by atoms with Crippen molar-refractivity contribution in [3.8, 4) is 0 Å². The van der Waals surface area contributed by atoms with Crippen LogP contribution in [-0.4, -0.2) is 31.2 Å². The van der Waals surface area contributed by atoms with Gasteiger partial charge in [-0.05, 0) is 79.9 Å². The van der Waals surface area contributed by atoms with E-state index in [1.807, 2.05) is 0 Å². The zero-order valence-corrected chi connectivity index (χ0v) is 17.3. The summed E-state index contributed by atoms with van der Waals surface area (Å²) in [5.74, 6) is 1.11. The molecule has 1 amide bonds. The number of carbonyl (C=O) groups excluding carboxylic acids is 1. The Bertz CT molecular complexity index is 837. The number of hydrogen-bond acceptors (Lipinski definition) is 3. The summed E-state index contributed by atoms with van der Waals surface area (Å²) in [6.07, 6.45) is -0.832. The first-order valence-corrected chi connectivity index (χ1v) is 11.3. The van der Waals surface area contributed by atoms with Gasteiger partial charge in [-0.25, -0.2) is 0 Å². The van der Waals surface area contributed by atoms with Gasteiger partial charge < -0.3 is 16.0 Å². The highest BCUT2D eigenvalue weighted by Gasteiger charge is 2.46. The minimum atomic E-state index is -4.14. The predicted octanol–water partition coefficient (Wildman–Crippen LogP) is 4.70. The highest BCUT2D eigenvalue weighted by atomic mass is 19.4. The molecule has 164 valence electrons. The van der Waals surface area contributed by atoms with Gasteiger partial charge in [-0.15, -0.1) is 0 Å². The fraction of sp³-hybridized carbons (Fsp3) is 0.696. The summed E-state index contributed by atoms with van der Waals surface area (Å²) in [7, 11) is 0. The molecule has 0 aromatic heterocycles. The van der Waals surface area contributed by atoms with Crippen LogP contribution in [0.2, 0.25) is 0 Å². The average Bonchev–Trinajstić information content (AvgIpc) is 3.57. The van der Waals surface area contributed by atoms with Crippen LogP contribution in [0, 0.1) is 23.7 Å². The van der Waals surface area contributed by atoms with E-state index in [4.69, 9.17) is 5.73 Å². The monoisotopic (exact) mass is 421 g/mol. The van der Waals surface area contributed by atoms with Crippen molar-refractivity contribution in [1.82, 2.24) is 5.32 Å². The number of rotatable bonds is 4. The molecule has 4 fully saturated rings. The van der Waals surface area contributed by atoms with E-state index in [2.05, 4.69) is 23.2 Å². The van der Waals surface area contributed by atoms with Gasteiger partial charge in [0.15, 0.2) is 0 Å². The number of alkyl halides is 3. The number of benzene rings is 1. The molecule has 3 saturated carbocycles. The predicted molar refractivity (Wildman–Crippen MR) is 110 cm³/mol. The van der Waals surface area contributed by atoms with Crippen molar-refractivity contribution in [2.45, 2.75) is 63.6 Å². The fourth-order valence-electron chi connectivity index (χ4n) is 5.56. The van der Waals surface area contributed by atoms with Crippen molar-refractivity contribution in [3.05, 3.63) is 23.3 Å². The summed E-state index contributed by atoms with van der Waals surface area (Å²) >= 11 is 0. The van der Waals surface area contributed by atoms with Crippen LogP contribution < -0.4 is 16.0 Å². The van der Waals surface area contributed by atoms with Crippen molar-refractivity contribution in [2.24, 2.45) is 23.7 Å². The normalized spacial score (nSPS) is 35.1. The molecule has 3 N–H and O–H groups in total. The molecule has 4 aliphatic rings. The molecule has 4 nitrogen and oxygen atoms in total. The Hall–Kier alpha value is -1.92. The van der Waals surface area contributed by atoms with Crippen molar-refractivity contribution in [3.63, 3.8) is 0 Å². The highest BCUT2D eigenvalue weighted by molar-refractivity contribution is 6.01. The van der Waals surface area contributed by atoms with E-state index in [0.717, 1.165) is 42.6 Å². The van der Waals surface area contributed by atoms with Gasteiger partial charge >= 0.3 is 6.18 Å². The van der Waals surface area contributed by atoms with Gasteiger partial charge in [-0.1, -0.05) is 6.92 Å². The number of fused-ring (bicyclic) bond motifs is 1. The molecule has 1 aromatic carbocycles. The lowest BCUT2D eigenvalue weighted by atomic mass is 9.85. The van der Waals surface area contributed by atoms with E-state index >= 15 is 0 Å². The molecule has 4 unspecified atom stereocenters. The average molecular weight is 422 g/mol. The van der Waals surface area contributed by atoms with Crippen LogP contribution in [0.25, 0.3) is 0 Å². The Morgan fingerprint density at radius 1 is 1.10 bits per heavy atom. The molecular formula is C23H30F3N3O. The number of nitrogens with two attached hydrogens (primary N) is 1. The molecule has 4 atom stereocenters. The third-order valence-electron chi connectivity index (χ3n) is 7.80. The zero-order chi connectivity index (χ0) is 21.2. The summed E-state index contributed by atoms with van der Waals surface area (Å²) in [4.78, 5) is 15.5. The number of piperidine rings is 1. The standard InChI is InChI=1S/C23H30F3N3O/c1-12-6-17(12)18-9-21(29-10-13-7-14(13)11-29)19(8-20(18)27)22(30)28-16-4-2-15(3-5-16)23(24,25)26/h8-9,12-17H,2-7,10-11,27H2,1H3,(H,28,30). The number of halogens is 3. The van der Waals surface area contributed by atoms with Crippen molar-refractivity contribution < 1.29 is 18.0 Å². The maximum absolute atomic E-state index is 13.2. The van der Waals surface area contributed by atoms with Crippen molar-refractivity contribution in [2.75, 3.05) is 23.7 Å². The third kappa shape index (κ3) is 3.76. The van der Waals surface area contributed by atoms with Gasteiger partial charge in [0.25, 0.3) is 5.91 Å². The van der Waals surface area contributed by atoms with Crippen LogP contribution in [0.15, 0.2) is 12.1 Å². The molecule has 7 heteroatoms. The van der Waals surface area contributed by atoms with Gasteiger partial charge in [-0.3, -0.25) is 4.79 Å². The molecule has 0 bridgehead atoms. The van der Waals surface area contributed by atoms with Crippen LogP contribution in [0.4, 0.5) is 24.5 Å². The first-order valence-electron chi connectivity index (χ1n) is 11.3. The Morgan fingerprint density at radius 2 is 1.73 bits per heavy atom. The maximum Gasteiger partial charge on any atom is 0.391 e. The lowest BCUT2D eigenvalue weighted by molar-refractivity contribution is -0.182. The molecule has 5 rings (SSSR count). The minimum Gasteiger partial charge on any atom is -0.398 e. The van der Waals surface area contributed by atoms with Crippen LogP contribution in [0.1, 0.15) is 67.3 Å². The SMILES string of the molecule is CC1CC1c1cc(N2CC3CC3C2)c(C(=O)NC2CCC(C(F)(F)F)CC2)cc1N. The molecule has 3 aliphatic carbocycles. The van der Waals surface area contributed by atoms with E-state index in [1.54, 1.807) is 6.07 Å². The largest absolute Gasteiger partial charge is 0.398 e. The second kappa shape index (κ2) is 7.06. The van der Waals surface area contributed by atoms with E-state index in [1.165, 1.54) is 6.42 Å². The number of nitrogens with zero attached hydrogens (tertiary/aromatic N) is 1. The van der Waals surface area contributed by atoms with Crippen LogP contribution in [0.5, 0.6) is 0 Å². The molecule has 1 heterocycles. The number of nitrogens with one attached hydrogen (secondary N) is 1. The highest BCUT2D eigenvalue weighted by Crippen LogP contribution is 2.52. The summed E-state index contributed by atoms with van der Waals surface area (Å²) in [5.41, 5.74) is 9.66. The maximum atomic E-state index is 13.2. The summed E-state index contributed by atoms with van der Waals surface area (Å²) in [6.45, 7) is 4.17. The van der Waals surface area contributed by atoms with Crippen LogP contribution in [0.3, 0.4) is 0 Å². The van der Waals surface area contributed by atoms with Gasteiger partial charge in [0.2, 0.25) is 0 Å². The first kappa shape index (κ1) is 20.0. The van der Waals surface area contributed by atoms with Gasteiger partial charge in [-0.2, -0.15) is 13.2 Å². The van der Waals surface area contributed by atoms with Crippen molar-refractivity contribution >= 4 is 17.3 Å². The van der Waals surface area contributed by atoms with Crippen LogP contribution in [-0.2, 0) is 0 Å². The lowest BCUT2D eigenvalue weighted by Gasteiger charge is -2.31. The van der Waals surface area contributed by atoms with E-state index in [9.17, 15) is 18.0 Å². The van der Waals surface area contributed by atoms with Crippen molar-refractivity contribution in [1.29, 1.82) is 0 Å². The molecule has 0 radical (unpaired) electrons.